The Balaban J connectivity index is 2.41. The first-order valence-electron chi connectivity index (χ1n) is 5.68. The van der Waals surface area contributed by atoms with Crippen molar-refractivity contribution in [2.75, 3.05) is 19.7 Å². The smallest absolute Gasteiger partial charge is 0.0664 e. The highest BCUT2D eigenvalue weighted by atomic mass is 16.3. The molecule has 1 fully saturated rings. The monoisotopic (exact) mass is 201 g/mol. The first-order valence-corrected chi connectivity index (χ1v) is 5.68. The normalized spacial score (nSPS) is 29.6. The van der Waals surface area contributed by atoms with Crippen LogP contribution in [0.4, 0.5) is 0 Å². The molecule has 1 aliphatic heterocycles. The molecule has 84 valence electrons. The molecule has 0 saturated carbocycles. The van der Waals surface area contributed by atoms with Crippen LogP contribution in [0.15, 0.2) is 0 Å². The molecule has 3 atom stereocenters. The van der Waals surface area contributed by atoms with Crippen LogP contribution in [0.25, 0.3) is 0 Å². The van der Waals surface area contributed by atoms with Crippen molar-refractivity contribution < 1.29 is 10.2 Å². The zero-order chi connectivity index (χ0) is 10.6. The predicted molar refractivity (Wildman–Crippen MR) is 57.1 cm³/mol. The highest BCUT2D eigenvalue weighted by Gasteiger charge is 2.22. The van der Waals surface area contributed by atoms with Crippen LogP contribution in [-0.4, -0.2) is 47.0 Å². The van der Waals surface area contributed by atoms with E-state index in [-0.39, 0.29) is 12.1 Å². The van der Waals surface area contributed by atoms with Crippen LogP contribution in [0.2, 0.25) is 0 Å². The van der Waals surface area contributed by atoms with E-state index in [0.29, 0.717) is 12.5 Å². The van der Waals surface area contributed by atoms with E-state index in [1.807, 2.05) is 6.92 Å². The Hall–Kier alpha value is -0.120. The zero-order valence-electron chi connectivity index (χ0n) is 9.32. The van der Waals surface area contributed by atoms with Crippen molar-refractivity contribution in [3.63, 3.8) is 0 Å². The van der Waals surface area contributed by atoms with Gasteiger partial charge < -0.3 is 10.2 Å². The molecule has 1 aliphatic rings. The van der Waals surface area contributed by atoms with E-state index in [1.54, 1.807) is 0 Å². The van der Waals surface area contributed by atoms with Crippen molar-refractivity contribution in [1.29, 1.82) is 0 Å². The molecule has 0 radical (unpaired) electrons. The number of nitrogens with zero attached hydrogens (tertiary/aromatic N) is 1. The van der Waals surface area contributed by atoms with Gasteiger partial charge in [-0.3, -0.25) is 4.90 Å². The van der Waals surface area contributed by atoms with Crippen LogP contribution in [-0.2, 0) is 0 Å². The minimum atomic E-state index is -0.263. The van der Waals surface area contributed by atoms with E-state index >= 15 is 0 Å². The molecule has 0 aromatic heterocycles. The van der Waals surface area contributed by atoms with Crippen molar-refractivity contribution >= 4 is 0 Å². The average molecular weight is 201 g/mol. The quantitative estimate of drug-likeness (QED) is 0.711. The molecule has 3 nitrogen and oxygen atoms in total. The van der Waals surface area contributed by atoms with Gasteiger partial charge in [-0.2, -0.15) is 0 Å². The second-order valence-electron chi connectivity index (χ2n) is 4.50. The zero-order valence-corrected chi connectivity index (χ0v) is 9.32. The first-order chi connectivity index (χ1) is 6.65. The second kappa shape index (κ2) is 5.69. The lowest BCUT2D eigenvalue weighted by Gasteiger charge is -2.29. The summed E-state index contributed by atoms with van der Waals surface area (Å²) in [5.74, 6) is 0.473. The number of likely N-dealkylation sites (tertiary alicyclic amines) is 1. The Morgan fingerprint density at radius 3 is 2.57 bits per heavy atom. The fourth-order valence-corrected chi connectivity index (χ4v) is 2.08. The van der Waals surface area contributed by atoms with Gasteiger partial charge in [-0.1, -0.05) is 0 Å². The first kappa shape index (κ1) is 12.0. The summed E-state index contributed by atoms with van der Waals surface area (Å²) in [6.45, 7) is 6.31. The fraction of sp³-hybridized carbons (Fsp3) is 1.00. The van der Waals surface area contributed by atoms with E-state index in [4.69, 9.17) is 5.11 Å². The summed E-state index contributed by atoms with van der Waals surface area (Å²) in [7, 11) is 0. The van der Waals surface area contributed by atoms with Crippen LogP contribution in [0, 0.1) is 5.92 Å². The van der Waals surface area contributed by atoms with Crippen LogP contribution in [0.1, 0.15) is 33.1 Å². The van der Waals surface area contributed by atoms with E-state index in [9.17, 15) is 5.11 Å². The van der Waals surface area contributed by atoms with E-state index in [0.717, 1.165) is 32.4 Å². The van der Waals surface area contributed by atoms with Gasteiger partial charge in [0.2, 0.25) is 0 Å². The average Bonchev–Trinajstić information content (AvgIpc) is 2.41. The molecule has 0 bridgehead atoms. The predicted octanol–water partition coefficient (Wildman–Crippen LogP) is 0.850. The molecule has 1 saturated heterocycles. The third-order valence-electron chi connectivity index (χ3n) is 3.41. The SMILES string of the molecule is CC(O)C(C)N1CCCC(CO)CC1. The molecule has 3 heteroatoms. The largest absolute Gasteiger partial charge is 0.396 e. The van der Waals surface area contributed by atoms with Crippen LogP contribution in [0.5, 0.6) is 0 Å². The summed E-state index contributed by atoms with van der Waals surface area (Å²) >= 11 is 0. The summed E-state index contributed by atoms with van der Waals surface area (Å²) in [4.78, 5) is 2.33. The van der Waals surface area contributed by atoms with E-state index < -0.39 is 0 Å². The number of hydrogen-bond acceptors (Lipinski definition) is 3. The van der Waals surface area contributed by atoms with Gasteiger partial charge in [-0.05, 0) is 52.1 Å². The van der Waals surface area contributed by atoms with Crippen molar-refractivity contribution in [3.8, 4) is 0 Å². The third kappa shape index (κ3) is 3.23. The standard InChI is InChI=1S/C11H23NO2/c1-9(10(2)14)12-6-3-4-11(8-13)5-7-12/h9-11,13-14H,3-8H2,1-2H3. The molecule has 0 aromatic rings. The van der Waals surface area contributed by atoms with Gasteiger partial charge in [0.05, 0.1) is 6.10 Å². The van der Waals surface area contributed by atoms with E-state index in [2.05, 4.69) is 11.8 Å². The maximum absolute atomic E-state index is 9.50. The minimum Gasteiger partial charge on any atom is -0.396 e. The number of hydrogen-bond donors (Lipinski definition) is 2. The molecule has 14 heavy (non-hydrogen) atoms. The van der Waals surface area contributed by atoms with Crippen LogP contribution >= 0.6 is 0 Å². The van der Waals surface area contributed by atoms with Crippen LogP contribution < -0.4 is 0 Å². The van der Waals surface area contributed by atoms with Gasteiger partial charge in [0.1, 0.15) is 0 Å². The topological polar surface area (TPSA) is 43.7 Å². The summed E-state index contributed by atoms with van der Waals surface area (Å²) < 4.78 is 0. The molecule has 0 aromatic carbocycles. The Morgan fingerprint density at radius 1 is 1.29 bits per heavy atom. The maximum Gasteiger partial charge on any atom is 0.0664 e. The Bertz CT molecular complexity index is 161. The maximum atomic E-state index is 9.50. The molecule has 2 N–H and O–H groups in total. The van der Waals surface area contributed by atoms with E-state index in [1.165, 1.54) is 0 Å². The molecule has 1 heterocycles. The number of aliphatic hydroxyl groups is 2. The lowest BCUT2D eigenvalue weighted by Crippen LogP contribution is -2.40. The van der Waals surface area contributed by atoms with Crippen molar-refractivity contribution in [2.24, 2.45) is 5.92 Å². The molecule has 3 unspecified atom stereocenters. The molecule has 0 amide bonds. The lowest BCUT2D eigenvalue weighted by atomic mass is 10.0. The highest BCUT2D eigenvalue weighted by Crippen LogP contribution is 2.19. The molecule has 0 aliphatic carbocycles. The number of aliphatic hydroxyl groups excluding tert-OH is 2. The Labute approximate surface area is 86.7 Å². The summed E-state index contributed by atoms with van der Waals surface area (Å²) in [6.07, 6.45) is 3.07. The molecule has 1 rings (SSSR count). The molecule has 0 spiro atoms. The summed E-state index contributed by atoms with van der Waals surface area (Å²) in [6, 6.07) is 0.243. The summed E-state index contributed by atoms with van der Waals surface area (Å²) in [5, 5.41) is 18.6. The van der Waals surface area contributed by atoms with Crippen molar-refractivity contribution in [2.45, 2.75) is 45.3 Å². The Morgan fingerprint density at radius 2 is 2.00 bits per heavy atom. The minimum absolute atomic E-state index is 0.243. The van der Waals surface area contributed by atoms with Gasteiger partial charge in [-0.25, -0.2) is 0 Å². The molecular formula is C11H23NO2. The van der Waals surface area contributed by atoms with Crippen molar-refractivity contribution in [3.05, 3.63) is 0 Å². The number of rotatable bonds is 3. The summed E-state index contributed by atoms with van der Waals surface area (Å²) in [5.41, 5.74) is 0. The van der Waals surface area contributed by atoms with Crippen LogP contribution in [0.3, 0.4) is 0 Å². The fourth-order valence-electron chi connectivity index (χ4n) is 2.08. The van der Waals surface area contributed by atoms with Gasteiger partial charge in [0.25, 0.3) is 0 Å². The van der Waals surface area contributed by atoms with Gasteiger partial charge in [-0.15, -0.1) is 0 Å². The third-order valence-corrected chi connectivity index (χ3v) is 3.41. The second-order valence-corrected chi connectivity index (χ2v) is 4.50. The van der Waals surface area contributed by atoms with Crippen molar-refractivity contribution in [1.82, 2.24) is 4.90 Å². The van der Waals surface area contributed by atoms with Gasteiger partial charge in [0.15, 0.2) is 0 Å². The van der Waals surface area contributed by atoms with Gasteiger partial charge in [0, 0.05) is 12.6 Å². The van der Waals surface area contributed by atoms with Gasteiger partial charge >= 0.3 is 0 Å². The lowest BCUT2D eigenvalue weighted by molar-refractivity contribution is 0.0716. The highest BCUT2D eigenvalue weighted by molar-refractivity contribution is 4.76. The Kier molecular flexibility index (Phi) is 4.85. The molecular weight excluding hydrogens is 178 g/mol.